The first-order chi connectivity index (χ1) is 8.17. The van der Waals surface area contributed by atoms with E-state index in [1.807, 2.05) is 6.92 Å². The van der Waals surface area contributed by atoms with Crippen molar-refractivity contribution in [3.8, 4) is 0 Å². The molecule has 6 nitrogen and oxygen atoms in total. The summed E-state index contributed by atoms with van der Waals surface area (Å²) in [6.45, 7) is 2.04. The van der Waals surface area contributed by atoms with Crippen LogP contribution in [0.5, 0.6) is 0 Å². The van der Waals surface area contributed by atoms with Gasteiger partial charge in [0, 0.05) is 11.0 Å². The second-order valence-corrected chi connectivity index (χ2v) is 5.66. The summed E-state index contributed by atoms with van der Waals surface area (Å²) in [5.74, 6) is 5.81. The molecule has 0 bridgehead atoms. The topological polar surface area (TPSA) is 96.2 Å². The van der Waals surface area contributed by atoms with Crippen molar-refractivity contribution in [1.29, 1.82) is 0 Å². The van der Waals surface area contributed by atoms with E-state index in [9.17, 15) is 9.59 Å². The highest BCUT2D eigenvalue weighted by Crippen LogP contribution is 2.36. The molecule has 2 unspecified atom stereocenters. The number of nitrogens with one attached hydrogen (secondary N) is 3. The Bertz CT molecular complexity index is 325. The SMILES string of the molecule is CCCC(C(=O)NN)C1SC[C@@H]2NC(=O)N[C@H]12. The van der Waals surface area contributed by atoms with Gasteiger partial charge in [0.25, 0.3) is 0 Å². The number of nitrogens with two attached hydrogens (primary N) is 1. The molecule has 2 heterocycles. The van der Waals surface area contributed by atoms with Crippen LogP contribution in [-0.2, 0) is 4.79 Å². The Morgan fingerprint density at radius 3 is 3.06 bits per heavy atom. The number of amides is 3. The standard InChI is InChI=1S/C10H18N4O2S/c1-2-3-5(9(15)14-11)8-7-6(4-17-8)12-10(16)13-7/h5-8H,2-4,11H2,1H3,(H,14,15)(H2,12,13,16)/t5?,6-,7-,8?/m0/s1. The molecule has 0 aromatic heterocycles. The molecule has 17 heavy (non-hydrogen) atoms. The van der Waals surface area contributed by atoms with E-state index < -0.39 is 0 Å². The zero-order valence-electron chi connectivity index (χ0n) is 9.73. The summed E-state index contributed by atoms with van der Waals surface area (Å²) in [6, 6.07) is 0.0532. The fourth-order valence-corrected chi connectivity index (χ4v) is 4.23. The van der Waals surface area contributed by atoms with Gasteiger partial charge in [-0.1, -0.05) is 13.3 Å². The third-order valence-corrected chi connectivity index (χ3v) is 4.90. The first-order valence-electron chi connectivity index (χ1n) is 5.86. The summed E-state index contributed by atoms with van der Waals surface area (Å²) in [7, 11) is 0. The number of hydrogen-bond donors (Lipinski definition) is 4. The molecule has 96 valence electrons. The van der Waals surface area contributed by atoms with Crippen LogP contribution in [-0.4, -0.2) is 35.0 Å². The van der Waals surface area contributed by atoms with E-state index >= 15 is 0 Å². The van der Waals surface area contributed by atoms with E-state index in [2.05, 4.69) is 16.1 Å². The maximum absolute atomic E-state index is 11.8. The van der Waals surface area contributed by atoms with Crippen molar-refractivity contribution < 1.29 is 9.59 Å². The molecule has 0 spiro atoms. The summed E-state index contributed by atoms with van der Waals surface area (Å²) < 4.78 is 0. The van der Waals surface area contributed by atoms with Gasteiger partial charge in [-0.3, -0.25) is 10.2 Å². The number of hydrogen-bond acceptors (Lipinski definition) is 4. The Morgan fingerprint density at radius 1 is 1.65 bits per heavy atom. The van der Waals surface area contributed by atoms with Gasteiger partial charge in [-0.15, -0.1) is 0 Å². The molecule has 2 aliphatic rings. The van der Waals surface area contributed by atoms with Crippen molar-refractivity contribution in [3.63, 3.8) is 0 Å². The monoisotopic (exact) mass is 258 g/mol. The van der Waals surface area contributed by atoms with Crippen LogP contribution >= 0.6 is 11.8 Å². The van der Waals surface area contributed by atoms with Crippen LogP contribution in [0.25, 0.3) is 0 Å². The average molecular weight is 258 g/mol. The van der Waals surface area contributed by atoms with Crippen LogP contribution in [0.3, 0.4) is 0 Å². The highest BCUT2D eigenvalue weighted by atomic mass is 32.2. The van der Waals surface area contributed by atoms with Gasteiger partial charge in [0.2, 0.25) is 5.91 Å². The van der Waals surface area contributed by atoms with E-state index in [0.717, 1.165) is 18.6 Å². The lowest BCUT2D eigenvalue weighted by Gasteiger charge is -2.25. The van der Waals surface area contributed by atoms with Crippen molar-refractivity contribution in [2.24, 2.45) is 11.8 Å². The van der Waals surface area contributed by atoms with Gasteiger partial charge in [-0.2, -0.15) is 11.8 Å². The average Bonchev–Trinajstić information content (AvgIpc) is 2.84. The van der Waals surface area contributed by atoms with Crippen LogP contribution in [0.15, 0.2) is 0 Å². The Hall–Kier alpha value is -0.950. The summed E-state index contributed by atoms with van der Waals surface area (Å²) in [6.07, 6.45) is 1.72. The normalized spacial score (nSPS) is 32.6. The minimum atomic E-state index is -0.134. The predicted octanol–water partition coefficient (Wildman–Crippen LogP) is -0.442. The fourth-order valence-electron chi connectivity index (χ4n) is 2.56. The Balaban J connectivity index is 2.08. The van der Waals surface area contributed by atoms with Gasteiger partial charge in [0.1, 0.15) is 0 Å². The molecule has 0 aromatic rings. The van der Waals surface area contributed by atoms with E-state index in [-0.39, 0.29) is 35.2 Å². The lowest BCUT2D eigenvalue weighted by atomic mass is 9.92. The van der Waals surface area contributed by atoms with Crippen molar-refractivity contribution in [2.45, 2.75) is 37.1 Å². The van der Waals surface area contributed by atoms with Crippen LogP contribution in [0.1, 0.15) is 19.8 Å². The summed E-state index contributed by atoms with van der Waals surface area (Å²) in [5.41, 5.74) is 2.23. The molecule has 2 fully saturated rings. The minimum absolute atomic E-state index is 0.0429. The quantitative estimate of drug-likeness (QED) is 0.238. The molecule has 2 saturated heterocycles. The second kappa shape index (κ2) is 5.14. The van der Waals surface area contributed by atoms with E-state index in [1.165, 1.54) is 0 Å². The molecule has 2 rings (SSSR count). The first-order valence-corrected chi connectivity index (χ1v) is 6.91. The summed E-state index contributed by atoms with van der Waals surface area (Å²) in [4.78, 5) is 23.0. The first kappa shape index (κ1) is 12.5. The van der Waals surface area contributed by atoms with Gasteiger partial charge in [0.05, 0.1) is 18.0 Å². The lowest BCUT2D eigenvalue weighted by Crippen LogP contribution is -2.47. The number of fused-ring (bicyclic) bond motifs is 1. The van der Waals surface area contributed by atoms with Gasteiger partial charge in [-0.05, 0) is 6.42 Å². The van der Waals surface area contributed by atoms with Gasteiger partial charge >= 0.3 is 6.03 Å². The highest BCUT2D eigenvalue weighted by molar-refractivity contribution is 8.00. The Labute approximate surface area is 104 Å². The number of urea groups is 1. The van der Waals surface area contributed by atoms with Crippen molar-refractivity contribution in [2.75, 3.05) is 5.75 Å². The van der Waals surface area contributed by atoms with E-state index in [0.29, 0.717) is 0 Å². The Morgan fingerprint density at radius 2 is 2.41 bits per heavy atom. The summed E-state index contributed by atoms with van der Waals surface area (Å²) >= 11 is 1.73. The van der Waals surface area contributed by atoms with Crippen molar-refractivity contribution in [3.05, 3.63) is 0 Å². The number of hydrazine groups is 1. The second-order valence-electron chi connectivity index (χ2n) is 4.45. The Kier molecular flexibility index (Phi) is 3.78. The smallest absolute Gasteiger partial charge is 0.315 e. The highest BCUT2D eigenvalue weighted by Gasteiger charge is 2.47. The van der Waals surface area contributed by atoms with E-state index in [1.54, 1.807) is 11.8 Å². The fraction of sp³-hybridized carbons (Fsp3) is 0.800. The molecule has 3 amide bonds. The van der Waals surface area contributed by atoms with E-state index in [4.69, 9.17) is 5.84 Å². The van der Waals surface area contributed by atoms with Crippen molar-refractivity contribution in [1.82, 2.24) is 16.1 Å². The number of thioether (sulfide) groups is 1. The lowest BCUT2D eigenvalue weighted by molar-refractivity contribution is -0.125. The number of carbonyl (C=O) groups is 2. The minimum Gasteiger partial charge on any atom is -0.332 e. The third-order valence-electron chi connectivity index (χ3n) is 3.35. The van der Waals surface area contributed by atoms with Gasteiger partial charge in [0.15, 0.2) is 0 Å². The largest absolute Gasteiger partial charge is 0.332 e. The zero-order valence-corrected chi connectivity index (χ0v) is 10.5. The van der Waals surface area contributed by atoms with Gasteiger partial charge < -0.3 is 10.6 Å². The molecule has 7 heteroatoms. The summed E-state index contributed by atoms with van der Waals surface area (Å²) in [5, 5.41) is 5.87. The van der Waals surface area contributed by atoms with Crippen LogP contribution in [0.2, 0.25) is 0 Å². The molecule has 4 atom stereocenters. The molecular weight excluding hydrogens is 240 g/mol. The van der Waals surface area contributed by atoms with Crippen LogP contribution in [0, 0.1) is 5.92 Å². The third kappa shape index (κ3) is 2.35. The molecule has 2 aliphatic heterocycles. The molecule has 0 saturated carbocycles. The van der Waals surface area contributed by atoms with Crippen LogP contribution in [0.4, 0.5) is 4.79 Å². The number of carbonyl (C=O) groups excluding carboxylic acids is 2. The van der Waals surface area contributed by atoms with Crippen LogP contribution < -0.4 is 21.9 Å². The molecular formula is C10H18N4O2S. The van der Waals surface area contributed by atoms with Crippen molar-refractivity contribution >= 4 is 23.7 Å². The maximum atomic E-state index is 11.8. The van der Waals surface area contributed by atoms with Gasteiger partial charge in [-0.25, -0.2) is 10.6 Å². The predicted molar refractivity (Wildman–Crippen MR) is 66.2 cm³/mol. The molecule has 0 aliphatic carbocycles. The number of rotatable bonds is 4. The maximum Gasteiger partial charge on any atom is 0.315 e. The molecule has 5 N–H and O–H groups in total. The molecule has 0 aromatic carbocycles. The zero-order chi connectivity index (χ0) is 12.4. The molecule has 0 radical (unpaired) electrons.